The minimum absolute atomic E-state index is 0.0239. The number of nitrogens with one attached hydrogen (secondary N) is 1. The maximum atomic E-state index is 12.4. The van der Waals surface area contributed by atoms with Crippen LogP contribution in [0.1, 0.15) is 17.3 Å². The lowest BCUT2D eigenvalue weighted by atomic mass is 10.2. The number of halogens is 1. The Hall–Kier alpha value is -1.38. The summed E-state index contributed by atoms with van der Waals surface area (Å²) in [5, 5.41) is 0.140. The number of pyridine rings is 1. The molecule has 1 aliphatic rings. The van der Waals surface area contributed by atoms with Crippen LogP contribution in [0.25, 0.3) is 0 Å². The molecule has 1 saturated heterocycles. The van der Waals surface area contributed by atoms with Gasteiger partial charge in [-0.25, -0.2) is 19.2 Å². The first-order chi connectivity index (χ1) is 9.32. The number of rotatable bonds is 2. The fourth-order valence-electron chi connectivity index (χ4n) is 2.16. The van der Waals surface area contributed by atoms with E-state index < -0.39 is 9.84 Å². The van der Waals surface area contributed by atoms with Crippen LogP contribution in [-0.2, 0) is 9.84 Å². The summed E-state index contributed by atoms with van der Waals surface area (Å²) in [6, 6.07) is 2.53. The fourth-order valence-corrected chi connectivity index (χ4v) is 3.93. The van der Waals surface area contributed by atoms with Gasteiger partial charge >= 0.3 is 0 Å². The van der Waals surface area contributed by atoms with Crippen molar-refractivity contribution in [1.29, 1.82) is 0 Å². The smallest absolute Gasteiger partial charge is 0.254 e. The van der Waals surface area contributed by atoms with E-state index in [9.17, 15) is 13.2 Å². The molecule has 9 heteroatoms. The molecule has 1 amide bonds. The number of hydrazine groups is 1. The lowest BCUT2D eigenvalue weighted by molar-refractivity contribution is 0.0712. The van der Waals surface area contributed by atoms with Crippen molar-refractivity contribution in [2.45, 2.75) is 13.0 Å². The summed E-state index contributed by atoms with van der Waals surface area (Å²) >= 11 is 5.82. The number of hydrogen-bond acceptors (Lipinski definition) is 6. The van der Waals surface area contributed by atoms with Crippen LogP contribution >= 0.6 is 11.6 Å². The van der Waals surface area contributed by atoms with Crippen molar-refractivity contribution in [2.75, 3.05) is 23.5 Å². The van der Waals surface area contributed by atoms with Gasteiger partial charge in [0.2, 0.25) is 0 Å². The van der Waals surface area contributed by atoms with Gasteiger partial charge in [-0.05, 0) is 19.1 Å². The number of anilines is 1. The van der Waals surface area contributed by atoms with Gasteiger partial charge < -0.3 is 10.3 Å². The average Bonchev–Trinajstić information content (AvgIpc) is 2.36. The topological polar surface area (TPSA) is 105 Å². The van der Waals surface area contributed by atoms with E-state index in [1.807, 2.05) is 0 Å². The van der Waals surface area contributed by atoms with E-state index in [-0.39, 0.29) is 41.0 Å². The van der Waals surface area contributed by atoms with E-state index in [1.54, 1.807) is 6.92 Å². The first-order valence-corrected chi connectivity index (χ1v) is 8.18. The van der Waals surface area contributed by atoms with Crippen molar-refractivity contribution in [3.8, 4) is 0 Å². The molecule has 0 aliphatic carbocycles. The average molecular weight is 319 g/mol. The van der Waals surface area contributed by atoms with Crippen LogP contribution in [0, 0.1) is 0 Å². The molecule has 20 heavy (non-hydrogen) atoms. The van der Waals surface area contributed by atoms with Crippen molar-refractivity contribution >= 4 is 33.2 Å². The predicted molar refractivity (Wildman–Crippen MR) is 76.2 cm³/mol. The van der Waals surface area contributed by atoms with Crippen molar-refractivity contribution in [1.82, 2.24) is 9.88 Å². The van der Waals surface area contributed by atoms with Gasteiger partial charge in [0.25, 0.3) is 5.91 Å². The van der Waals surface area contributed by atoms with Gasteiger partial charge in [-0.2, -0.15) is 0 Å². The van der Waals surface area contributed by atoms with Crippen LogP contribution in [0.15, 0.2) is 12.1 Å². The second-order valence-corrected chi connectivity index (χ2v) is 7.29. The number of amides is 1. The summed E-state index contributed by atoms with van der Waals surface area (Å²) in [5.41, 5.74) is 2.65. The molecule has 1 aromatic rings. The Balaban J connectivity index is 2.26. The maximum Gasteiger partial charge on any atom is 0.254 e. The van der Waals surface area contributed by atoms with Crippen molar-refractivity contribution in [3.05, 3.63) is 22.8 Å². The molecule has 1 fully saturated rings. The van der Waals surface area contributed by atoms with Crippen LogP contribution in [-0.4, -0.2) is 48.3 Å². The first kappa shape index (κ1) is 15.0. The Morgan fingerprint density at radius 3 is 2.85 bits per heavy atom. The largest absolute Gasteiger partial charge is 0.334 e. The monoisotopic (exact) mass is 318 g/mol. The van der Waals surface area contributed by atoms with Gasteiger partial charge in [-0.3, -0.25) is 4.79 Å². The molecule has 2 heterocycles. The molecule has 1 aliphatic heterocycles. The van der Waals surface area contributed by atoms with E-state index >= 15 is 0 Å². The zero-order valence-corrected chi connectivity index (χ0v) is 12.4. The Kier molecular flexibility index (Phi) is 4.17. The van der Waals surface area contributed by atoms with E-state index in [2.05, 4.69) is 10.4 Å². The normalized spacial score (nSPS) is 21.6. The highest BCUT2D eigenvalue weighted by atomic mass is 35.5. The van der Waals surface area contributed by atoms with Crippen LogP contribution < -0.4 is 11.3 Å². The maximum absolute atomic E-state index is 12.4. The molecule has 110 valence electrons. The lowest BCUT2D eigenvalue weighted by Crippen LogP contribution is -2.49. The number of sulfone groups is 1. The molecule has 0 saturated carbocycles. The highest BCUT2D eigenvalue weighted by molar-refractivity contribution is 7.91. The van der Waals surface area contributed by atoms with Crippen LogP contribution in [0.5, 0.6) is 0 Å². The van der Waals surface area contributed by atoms with Gasteiger partial charge in [-0.1, -0.05) is 11.6 Å². The Bertz CT molecular complexity index is 635. The van der Waals surface area contributed by atoms with Gasteiger partial charge in [0.1, 0.15) is 11.0 Å². The van der Waals surface area contributed by atoms with Gasteiger partial charge in [0.15, 0.2) is 9.84 Å². The molecule has 7 nitrogen and oxygen atoms in total. The number of nitrogen functional groups attached to an aromatic ring is 1. The molecule has 2 rings (SSSR count). The number of carbonyl (C=O) groups is 1. The van der Waals surface area contributed by atoms with Crippen molar-refractivity contribution in [2.24, 2.45) is 5.84 Å². The number of aromatic nitrogens is 1. The zero-order chi connectivity index (χ0) is 14.9. The summed E-state index contributed by atoms with van der Waals surface area (Å²) in [5.74, 6) is 5.19. The summed E-state index contributed by atoms with van der Waals surface area (Å²) in [7, 11) is -3.07. The molecule has 1 unspecified atom stereocenters. The highest BCUT2D eigenvalue weighted by Crippen LogP contribution is 2.19. The Morgan fingerprint density at radius 1 is 1.55 bits per heavy atom. The Labute approximate surface area is 122 Å². The second-order valence-electron chi connectivity index (χ2n) is 4.67. The van der Waals surface area contributed by atoms with Crippen molar-refractivity contribution < 1.29 is 13.2 Å². The SMILES string of the molecule is CC1CS(=O)(=O)CCN1C(=O)c1cc(Cl)nc(NN)c1. The van der Waals surface area contributed by atoms with Crippen LogP contribution in [0.3, 0.4) is 0 Å². The van der Waals surface area contributed by atoms with E-state index in [4.69, 9.17) is 17.4 Å². The molecule has 1 aromatic heterocycles. The molecule has 0 radical (unpaired) electrons. The molecule has 0 spiro atoms. The predicted octanol–water partition coefficient (Wildman–Crippen LogP) is 0.280. The summed E-state index contributed by atoms with van der Waals surface area (Å²) in [6.45, 7) is 1.88. The summed E-state index contributed by atoms with van der Waals surface area (Å²) in [4.78, 5) is 17.8. The van der Waals surface area contributed by atoms with E-state index in [0.29, 0.717) is 5.56 Å². The van der Waals surface area contributed by atoms with E-state index in [0.717, 1.165) is 0 Å². The minimum Gasteiger partial charge on any atom is -0.334 e. The van der Waals surface area contributed by atoms with E-state index in [1.165, 1.54) is 17.0 Å². The second kappa shape index (κ2) is 5.55. The molecular weight excluding hydrogens is 304 g/mol. The highest BCUT2D eigenvalue weighted by Gasteiger charge is 2.31. The lowest BCUT2D eigenvalue weighted by Gasteiger charge is -2.33. The molecule has 3 N–H and O–H groups in total. The molecular formula is C11H15ClN4O3S. The summed E-state index contributed by atoms with van der Waals surface area (Å²) < 4.78 is 23.0. The molecule has 1 atom stereocenters. The fraction of sp³-hybridized carbons (Fsp3) is 0.455. The third-order valence-corrected chi connectivity index (χ3v) is 5.11. The number of nitrogens with zero attached hydrogens (tertiary/aromatic N) is 2. The molecule has 0 aromatic carbocycles. The number of nitrogens with two attached hydrogens (primary N) is 1. The Morgan fingerprint density at radius 2 is 2.25 bits per heavy atom. The quantitative estimate of drug-likeness (QED) is 0.461. The molecule has 0 bridgehead atoms. The van der Waals surface area contributed by atoms with Crippen LogP contribution in [0.2, 0.25) is 5.15 Å². The standard InChI is InChI=1S/C11H15ClN4O3S/c1-7-6-20(18,19)3-2-16(7)11(17)8-4-9(12)14-10(5-8)15-13/h4-5,7H,2-3,6,13H2,1H3,(H,14,15). The van der Waals surface area contributed by atoms with Crippen molar-refractivity contribution in [3.63, 3.8) is 0 Å². The number of carbonyl (C=O) groups excluding carboxylic acids is 1. The first-order valence-electron chi connectivity index (χ1n) is 5.98. The zero-order valence-electron chi connectivity index (χ0n) is 10.8. The van der Waals surface area contributed by atoms with Gasteiger partial charge in [0.05, 0.1) is 11.5 Å². The third-order valence-electron chi connectivity index (χ3n) is 3.12. The summed E-state index contributed by atoms with van der Waals surface area (Å²) in [6.07, 6.45) is 0. The van der Waals surface area contributed by atoms with Gasteiger partial charge in [-0.15, -0.1) is 0 Å². The number of hydrogen-bond donors (Lipinski definition) is 2. The van der Waals surface area contributed by atoms with Crippen LogP contribution in [0.4, 0.5) is 5.82 Å². The minimum atomic E-state index is -3.07. The van der Waals surface area contributed by atoms with Gasteiger partial charge in [0, 0.05) is 18.2 Å². The third kappa shape index (κ3) is 3.20.